The number of hydrogen-bond donors (Lipinski definition) is 1. The number of nitrogens with zero attached hydrogens (tertiary/aromatic N) is 2. The van der Waals surface area contributed by atoms with E-state index in [1.165, 1.54) is 19.2 Å². The summed E-state index contributed by atoms with van der Waals surface area (Å²) in [5.41, 5.74) is 6.49. The molecule has 0 saturated carbocycles. The van der Waals surface area contributed by atoms with Crippen LogP contribution in [0, 0.1) is 18.3 Å². The predicted octanol–water partition coefficient (Wildman–Crippen LogP) is 1.76. The SMILES string of the molecule is Cc1c(N)cc(Cl)cc1S(=O)(=O)N(C)CCC#N. The van der Waals surface area contributed by atoms with Crippen LogP contribution in [0.5, 0.6) is 0 Å². The van der Waals surface area contributed by atoms with Crippen molar-refractivity contribution in [2.75, 3.05) is 19.3 Å². The third kappa shape index (κ3) is 2.93. The second kappa shape index (κ2) is 5.57. The molecule has 0 spiro atoms. The van der Waals surface area contributed by atoms with Gasteiger partial charge in [-0.1, -0.05) is 11.6 Å². The molecule has 0 bridgehead atoms. The number of nitrogen functional groups attached to an aromatic ring is 1. The van der Waals surface area contributed by atoms with Gasteiger partial charge < -0.3 is 5.73 Å². The number of nitriles is 1. The molecule has 0 aromatic heterocycles. The normalized spacial score (nSPS) is 11.5. The van der Waals surface area contributed by atoms with Crippen LogP contribution in [-0.2, 0) is 10.0 Å². The third-order valence-electron chi connectivity index (χ3n) is 2.59. The van der Waals surface area contributed by atoms with Crippen molar-refractivity contribution in [3.05, 3.63) is 22.7 Å². The zero-order valence-electron chi connectivity index (χ0n) is 10.1. The Kier molecular flexibility index (Phi) is 4.57. The number of nitrogens with two attached hydrogens (primary N) is 1. The summed E-state index contributed by atoms with van der Waals surface area (Å²) in [6.45, 7) is 1.75. The van der Waals surface area contributed by atoms with Crippen LogP contribution >= 0.6 is 11.6 Å². The van der Waals surface area contributed by atoms with Crippen LogP contribution in [-0.4, -0.2) is 26.3 Å². The minimum atomic E-state index is -3.67. The Morgan fingerprint density at radius 2 is 2.11 bits per heavy atom. The van der Waals surface area contributed by atoms with Gasteiger partial charge in [0.2, 0.25) is 10.0 Å². The van der Waals surface area contributed by atoms with Crippen molar-refractivity contribution in [1.82, 2.24) is 4.31 Å². The van der Waals surface area contributed by atoms with Crippen LogP contribution in [0.2, 0.25) is 5.02 Å². The number of benzene rings is 1. The molecule has 0 aliphatic heterocycles. The minimum absolute atomic E-state index is 0.0768. The van der Waals surface area contributed by atoms with E-state index in [-0.39, 0.29) is 22.9 Å². The van der Waals surface area contributed by atoms with Crippen molar-refractivity contribution in [3.63, 3.8) is 0 Å². The van der Waals surface area contributed by atoms with Gasteiger partial charge in [0.25, 0.3) is 0 Å². The monoisotopic (exact) mass is 287 g/mol. The highest BCUT2D eigenvalue weighted by Crippen LogP contribution is 2.27. The van der Waals surface area contributed by atoms with E-state index in [1.807, 2.05) is 6.07 Å². The quantitative estimate of drug-likeness (QED) is 0.855. The number of halogens is 1. The van der Waals surface area contributed by atoms with E-state index in [4.69, 9.17) is 22.6 Å². The van der Waals surface area contributed by atoms with Gasteiger partial charge in [-0.2, -0.15) is 9.57 Å². The highest BCUT2D eigenvalue weighted by atomic mass is 35.5. The van der Waals surface area contributed by atoms with Gasteiger partial charge in [0.05, 0.1) is 11.0 Å². The summed E-state index contributed by atoms with van der Waals surface area (Å²) in [5, 5.41) is 8.75. The van der Waals surface area contributed by atoms with Crippen LogP contribution in [0.25, 0.3) is 0 Å². The fourth-order valence-electron chi connectivity index (χ4n) is 1.44. The smallest absolute Gasteiger partial charge is 0.243 e. The van der Waals surface area contributed by atoms with Crippen molar-refractivity contribution in [2.45, 2.75) is 18.2 Å². The Balaban J connectivity index is 3.25. The first kappa shape index (κ1) is 14.8. The molecule has 0 heterocycles. The lowest BCUT2D eigenvalue weighted by Crippen LogP contribution is -2.28. The van der Waals surface area contributed by atoms with Crippen molar-refractivity contribution in [2.24, 2.45) is 0 Å². The predicted molar refractivity (Wildman–Crippen MR) is 70.6 cm³/mol. The molecule has 7 heteroatoms. The molecule has 1 rings (SSSR count). The maximum atomic E-state index is 12.3. The Morgan fingerprint density at radius 3 is 2.67 bits per heavy atom. The van der Waals surface area contributed by atoms with E-state index in [0.717, 1.165) is 4.31 Å². The number of anilines is 1. The third-order valence-corrected chi connectivity index (χ3v) is 4.79. The molecular formula is C11H14ClN3O2S. The minimum Gasteiger partial charge on any atom is -0.398 e. The summed E-state index contributed by atoms with van der Waals surface area (Å²) < 4.78 is 25.7. The van der Waals surface area contributed by atoms with Crippen LogP contribution in [0.1, 0.15) is 12.0 Å². The molecule has 2 N–H and O–H groups in total. The second-order valence-electron chi connectivity index (χ2n) is 3.85. The summed E-state index contributed by atoms with van der Waals surface area (Å²) in [6.07, 6.45) is 0.130. The maximum absolute atomic E-state index is 12.3. The molecule has 0 saturated heterocycles. The lowest BCUT2D eigenvalue weighted by Gasteiger charge is -2.18. The van der Waals surface area contributed by atoms with E-state index >= 15 is 0 Å². The first-order valence-electron chi connectivity index (χ1n) is 5.19. The van der Waals surface area contributed by atoms with Crippen LogP contribution in [0.3, 0.4) is 0 Å². The number of sulfonamides is 1. The Morgan fingerprint density at radius 1 is 1.50 bits per heavy atom. The van der Waals surface area contributed by atoms with Gasteiger partial charge >= 0.3 is 0 Å². The van der Waals surface area contributed by atoms with E-state index in [2.05, 4.69) is 0 Å². The fraction of sp³-hybridized carbons (Fsp3) is 0.364. The Hall–Kier alpha value is -1.29. The Bertz CT molecular complexity index is 593. The molecule has 0 radical (unpaired) electrons. The van der Waals surface area contributed by atoms with Crippen molar-refractivity contribution >= 4 is 27.3 Å². The van der Waals surface area contributed by atoms with Gasteiger partial charge in [-0.05, 0) is 24.6 Å². The lowest BCUT2D eigenvalue weighted by molar-refractivity contribution is 0.476. The molecule has 0 fully saturated rings. The van der Waals surface area contributed by atoms with Crippen molar-refractivity contribution < 1.29 is 8.42 Å². The summed E-state index contributed by atoms with van der Waals surface area (Å²) in [7, 11) is -2.25. The van der Waals surface area contributed by atoms with E-state index in [1.54, 1.807) is 6.92 Å². The molecule has 98 valence electrons. The first-order valence-corrected chi connectivity index (χ1v) is 7.01. The number of rotatable bonds is 4. The average Bonchev–Trinajstić information content (AvgIpc) is 2.30. The Labute approximate surface area is 112 Å². The first-order chi connectivity index (χ1) is 8.30. The zero-order valence-corrected chi connectivity index (χ0v) is 11.7. The highest BCUT2D eigenvalue weighted by Gasteiger charge is 2.23. The van der Waals surface area contributed by atoms with Gasteiger partial charge in [0.15, 0.2) is 0 Å². The molecule has 5 nitrogen and oxygen atoms in total. The standard InChI is InChI=1S/C11H14ClN3O2S/c1-8-10(14)6-9(12)7-11(8)18(16,17)15(2)5-3-4-13/h6-7H,3,5,14H2,1-2H3. The van der Waals surface area contributed by atoms with E-state index < -0.39 is 10.0 Å². The molecular weight excluding hydrogens is 274 g/mol. The van der Waals surface area contributed by atoms with E-state index in [9.17, 15) is 8.42 Å². The molecule has 0 unspecified atom stereocenters. The molecule has 0 aliphatic rings. The van der Waals surface area contributed by atoms with Crippen molar-refractivity contribution in [1.29, 1.82) is 5.26 Å². The topological polar surface area (TPSA) is 87.2 Å². The second-order valence-corrected chi connectivity index (χ2v) is 6.30. The van der Waals surface area contributed by atoms with Gasteiger partial charge in [-0.25, -0.2) is 8.42 Å². The molecule has 18 heavy (non-hydrogen) atoms. The zero-order chi connectivity index (χ0) is 13.9. The molecule has 1 aromatic rings. The van der Waals surface area contributed by atoms with Gasteiger partial charge in [0.1, 0.15) is 0 Å². The molecule has 0 amide bonds. The van der Waals surface area contributed by atoms with Crippen LogP contribution in [0.15, 0.2) is 17.0 Å². The van der Waals surface area contributed by atoms with Gasteiger partial charge in [-0.3, -0.25) is 0 Å². The molecule has 1 aromatic carbocycles. The average molecular weight is 288 g/mol. The maximum Gasteiger partial charge on any atom is 0.243 e. The molecule has 0 aliphatic carbocycles. The molecule has 0 atom stereocenters. The largest absolute Gasteiger partial charge is 0.398 e. The van der Waals surface area contributed by atoms with Gasteiger partial charge in [-0.15, -0.1) is 0 Å². The van der Waals surface area contributed by atoms with Crippen LogP contribution in [0.4, 0.5) is 5.69 Å². The fourth-order valence-corrected chi connectivity index (χ4v) is 3.18. The number of hydrogen-bond acceptors (Lipinski definition) is 4. The van der Waals surface area contributed by atoms with Crippen LogP contribution < -0.4 is 5.73 Å². The summed E-state index contributed by atoms with van der Waals surface area (Å²) in [6, 6.07) is 4.77. The summed E-state index contributed by atoms with van der Waals surface area (Å²) in [4.78, 5) is 0.0768. The lowest BCUT2D eigenvalue weighted by atomic mass is 10.2. The summed E-state index contributed by atoms with van der Waals surface area (Å²) >= 11 is 5.82. The van der Waals surface area contributed by atoms with E-state index in [0.29, 0.717) is 11.3 Å². The highest BCUT2D eigenvalue weighted by molar-refractivity contribution is 7.89. The summed E-state index contributed by atoms with van der Waals surface area (Å²) in [5.74, 6) is 0. The van der Waals surface area contributed by atoms with Crippen molar-refractivity contribution in [3.8, 4) is 6.07 Å². The van der Waals surface area contributed by atoms with Gasteiger partial charge in [0, 0.05) is 30.7 Å².